The van der Waals surface area contributed by atoms with Crippen molar-refractivity contribution in [1.82, 2.24) is 0 Å². The van der Waals surface area contributed by atoms with Crippen LogP contribution in [0.5, 0.6) is 0 Å². The summed E-state index contributed by atoms with van der Waals surface area (Å²) in [5.74, 6) is 0.620. The molecule has 0 aliphatic carbocycles. The van der Waals surface area contributed by atoms with Gasteiger partial charge in [0.05, 0.1) is 0 Å². The zero-order valence-electron chi connectivity index (χ0n) is 9.82. The molecular formula is C13H17NOS. The summed E-state index contributed by atoms with van der Waals surface area (Å²) in [6.07, 6.45) is 3.32. The van der Waals surface area contributed by atoms with Gasteiger partial charge in [-0.1, -0.05) is 20.3 Å². The van der Waals surface area contributed by atoms with Gasteiger partial charge in [0, 0.05) is 23.6 Å². The third-order valence-electron chi connectivity index (χ3n) is 2.64. The van der Waals surface area contributed by atoms with Crippen LogP contribution >= 0.6 is 11.3 Å². The standard InChI is InChI=1S/C13H17NOS/c1-3-5-10(8-11(15)4-2)13-7-6-12(9-14)16-13/h6-7,10H,3-5,8H2,1-2H3. The number of nitriles is 1. The van der Waals surface area contributed by atoms with Crippen LogP contribution in [0.25, 0.3) is 0 Å². The minimum atomic E-state index is 0.310. The van der Waals surface area contributed by atoms with Crippen LogP contribution in [0.3, 0.4) is 0 Å². The first-order valence-corrected chi connectivity index (χ1v) is 6.54. The predicted molar refractivity (Wildman–Crippen MR) is 66.6 cm³/mol. The lowest BCUT2D eigenvalue weighted by Gasteiger charge is -2.12. The predicted octanol–water partition coefficient (Wildman–Crippen LogP) is 3.87. The molecule has 0 fully saturated rings. The quantitative estimate of drug-likeness (QED) is 0.751. The van der Waals surface area contributed by atoms with E-state index >= 15 is 0 Å². The number of Topliss-reactive ketones (excluding diaryl/α,β-unsaturated/α-hetero) is 1. The van der Waals surface area contributed by atoms with E-state index in [0.717, 1.165) is 17.7 Å². The van der Waals surface area contributed by atoms with Gasteiger partial charge in [0.2, 0.25) is 0 Å². The van der Waals surface area contributed by atoms with Crippen LogP contribution < -0.4 is 0 Å². The maximum absolute atomic E-state index is 11.5. The van der Waals surface area contributed by atoms with Gasteiger partial charge in [-0.05, 0) is 18.6 Å². The molecule has 0 aliphatic heterocycles. The van der Waals surface area contributed by atoms with Crippen molar-refractivity contribution in [3.63, 3.8) is 0 Å². The van der Waals surface area contributed by atoms with Gasteiger partial charge in [-0.25, -0.2) is 0 Å². The molecule has 1 unspecified atom stereocenters. The first-order valence-electron chi connectivity index (χ1n) is 5.72. The van der Waals surface area contributed by atoms with E-state index in [1.54, 1.807) is 0 Å². The van der Waals surface area contributed by atoms with Crippen LogP contribution in [0.4, 0.5) is 0 Å². The Morgan fingerprint density at radius 1 is 1.50 bits per heavy atom. The number of rotatable bonds is 6. The van der Waals surface area contributed by atoms with Crippen molar-refractivity contribution in [2.24, 2.45) is 0 Å². The lowest BCUT2D eigenvalue weighted by atomic mass is 9.95. The van der Waals surface area contributed by atoms with Gasteiger partial charge < -0.3 is 0 Å². The van der Waals surface area contributed by atoms with Crippen molar-refractivity contribution in [2.45, 2.75) is 45.4 Å². The molecule has 0 spiro atoms. The summed E-state index contributed by atoms with van der Waals surface area (Å²) in [7, 11) is 0. The Labute approximate surface area is 101 Å². The van der Waals surface area contributed by atoms with Crippen LogP contribution in [0.15, 0.2) is 12.1 Å². The second-order valence-corrected chi connectivity index (χ2v) is 5.01. The largest absolute Gasteiger partial charge is 0.300 e. The Morgan fingerprint density at radius 2 is 2.25 bits per heavy atom. The molecule has 0 radical (unpaired) electrons. The fourth-order valence-corrected chi connectivity index (χ4v) is 2.68. The molecule has 1 heterocycles. The molecular weight excluding hydrogens is 218 g/mol. The van der Waals surface area contributed by atoms with E-state index in [1.807, 2.05) is 19.1 Å². The van der Waals surface area contributed by atoms with Crippen LogP contribution in [0.1, 0.15) is 55.2 Å². The van der Waals surface area contributed by atoms with Crippen molar-refractivity contribution in [2.75, 3.05) is 0 Å². The third-order valence-corrected chi connectivity index (χ3v) is 3.80. The maximum Gasteiger partial charge on any atom is 0.133 e. The molecule has 16 heavy (non-hydrogen) atoms. The summed E-state index contributed by atoms with van der Waals surface area (Å²) in [4.78, 5) is 13.4. The topological polar surface area (TPSA) is 40.9 Å². The molecule has 1 rings (SSSR count). The Balaban J connectivity index is 2.76. The molecule has 0 aromatic carbocycles. The Kier molecular flexibility index (Phi) is 5.21. The first-order chi connectivity index (χ1) is 7.71. The Hall–Kier alpha value is -1.14. The first kappa shape index (κ1) is 12.9. The summed E-state index contributed by atoms with van der Waals surface area (Å²) < 4.78 is 0. The molecule has 0 saturated carbocycles. The van der Waals surface area contributed by atoms with Crippen molar-refractivity contribution in [3.05, 3.63) is 21.9 Å². The van der Waals surface area contributed by atoms with E-state index in [9.17, 15) is 4.79 Å². The molecule has 0 aliphatic rings. The molecule has 0 N–H and O–H groups in total. The lowest BCUT2D eigenvalue weighted by Crippen LogP contribution is -2.04. The van der Waals surface area contributed by atoms with E-state index in [4.69, 9.17) is 5.26 Å². The summed E-state index contributed by atoms with van der Waals surface area (Å²) in [5, 5.41) is 8.78. The number of hydrogen-bond donors (Lipinski definition) is 0. The van der Waals surface area contributed by atoms with E-state index < -0.39 is 0 Å². The molecule has 86 valence electrons. The Bertz CT molecular complexity index is 389. The molecule has 1 aromatic rings. The number of thiophene rings is 1. The van der Waals surface area contributed by atoms with Crippen LogP contribution in [0, 0.1) is 11.3 Å². The number of ketones is 1. The number of hydrogen-bond acceptors (Lipinski definition) is 3. The lowest BCUT2D eigenvalue weighted by molar-refractivity contribution is -0.119. The third kappa shape index (κ3) is 3.46. The summed E-state index contributed by atoms with van der Waals surface area (Å²) in [6.45, 7) is 4.03. The molecule has 0 amide bonds. The second-order valence-electron chi connectivity index (χ2n) is 3.90. The normalized spacial score (nSPS) is 12.1. The monoisotopic (exact) mass is 235 g/mol. The molecule has 0 saturated heterocycles. The van der Waals surface area contributed by atoms with Crippen LogP contribution in [-0.4, -0.2) is 5.78 Å². The number of carbonyl (C=O) groups is 1. The molecule has 1 aromatic heterocycles. The molecule has 0 bridgehead atoms. The van der Waals surface area contributed by atoms with E-state index in [-0.39, 0.29) is 0 Å². The SMILES string of the molecule is CCCC(CC(=O)CC)c1ccc(C#N)s1. The summed E-state index contributed by atoms with van der Waals surface area (Å²) >= 11 is 1.52. The second kappa shape index (κ2) is 6.44. The fourth-order valence-electron chi connectivity index (χ4n) is 1.74. The van der Waals surface area contributed by atoms with E-state index in [0.29, 0.717) is 24.5 Å². The maximum atomic E-state index is 11.5. The highest BCUT2D eigenvalue weighted by molar-refractivity contribution is 7.12. The summed E-state index contributed by atoms with van der Waals surface area (Å²) in [5.41, 5.74) is 0. The van der Waals surface area contributed by atoms with Crippen LogP contribution in [0.2, 0.25) is 0 Å². The highest BCUT2D eigenvalue weighted by Gasteiger charge is 2.16. The Morgan fingerprint density at radius 3 is 2.75 bits per heavy atom. The van der Waals surface area contributed by atoms with Crippen molar-refractivity contribution in [1.29, 1.82) is 5.26 Å². The zero-order valence-corrected chi connectivity index (χ0v) is 10.6. The van der Waals surface area contributed by atoms with Gasteiger partial charge in [0.25, 0.3) is 0 Å². The number of carbonyl (C=O) groups excluding carboxylic acids is 1. The number of nitrogens with zero attached hydrogens (tertiary/aromatic N) is 1. The zero-order chi connectivity index (χ0) is 12.0. The average molecular weight is 235 g/mol. The van der Waals surface area contributed by atoms with Crippen molar-refractivity contribution < 1.29 is 4.79 Å². The van der Waals surface area contributed by atoms with Gasteiger partial charge in [0.15, 0.2) is 0 Å². The molecule has 1 atom stereocenters. The van der Waals surface area contributed by atoms with Gasteiger partial charge in [0.1, 0.15) is 16.7 Å². The van der Waals surface area contributed by atoms with Crippen molar-refractivity contribution >= 4 is 17.1 Å². The minimum absolute atomic E-state index is 0.310. The van der Waals surface area contributed by atoms with Gasteiger partial charge in [-0.3, -0.25) is 4.79 Å². The van der Waals surface area contributed by atoms with Gasteiger partial charge in [-0.15, -0.1) is 11.3 Å². The smallest absolute Gasteiger partial charge is 0.133 e. The highest BCUT2D eigenvalue weighted by Crippen LogP contribution is 2.31. The molecule has 2 nitrogen and oxygen atoms in total. The van der Waals surface area contributed by atoms with Gasteiger partial charge >= 0.3 is 0 Å². The average Bonchev–Trinajstić information content (AvgIpc) is 2.76. The highest BCUT2D eigenvalue weighted by atomic mass is 32.1. The van der Waals surface area contributed by atoms with E-state index in [2.05, 4.69) is 13.0 Å². The minimum Gasteiger partial charge on any atom is -0.300 e. The van der Waals surface area contributed by atoms with Gasteiger partial charge in [-0.2, -0.15) is 5.26 Å². The van der Waals surface area contributed by atoms with Crippen molar-refractivity contribution in [3.8, 4) is 6.07 Å². The molecule has 3 heteroatoms. The summed E-state index contributed by atoms with van der Waals surface area (Å²) in [6, 6.07) is 5.98. The fraction of sp³-hybridized carbons (Fsp3) is 0.538. The van der Waals surface area contributed by atoms with Crippen LogP contribution in [-0.2, 0) is 4.79 Å². The van der Waals surface area contributed by atoms with E-state index in [1.165, 1.54) is 16.2 Å².